The van der Waals surface area contributed by atoms with Crippen molar-refractivity contribution in [2.45, 2.75) is 194 Å². The average molecular weight is 661 g/mol. The van der Waals surface area contributed by atoms with E-state index in [0.717, 1.165) is 19.4 Å². The molecular formula is C39H72O4Si2. The molecule has 4 fully saturated rings. The highest BCUT2D eigenvalue weighted by Crippen LogP contribution is 2.59. The molecule has 3 aliphatic carbocycles. The molecule has 1 saturated heterocycles. The highest BCUT2D eigenvalue weighted by molar-refractivity contribution is 6.74. The number of hydrogen-bond acceptors (Lipinski definition) is 4. The second kappa shape index (κ2) is 12.6. The Labute approximate surface area is 281 Å². The van der Waals surface area contributed by atoms with Crippen LogP contribution in [0.5, 0.6) is 0 Å². The van der Waals surface area contributed by atoms with Crippen LogP contribution >= 0.6 is 0 Å². The molecule has 4 nitrogen and oxygen atoms in total. The molecule has 7 atom stereocenters. The fourth-order valence-corrected chi connectivity index (χ4v) is 11.0. The molecule has 4 aliphatic rings. The van der Waals surface area contributed by atoms with Gasteiger partial charge >= 0.3 is 0 Å². The third kappa shape index (κ3) is 7.82. The molecule has 45 heavy (non-hydrogen) atoms. The molecule has 0 aromatic carbocycles. The summed E-state index contributed by atoms with van der Waals surface area (Å²) in [6.45, 7) is 38.6. The predicted molar refractivity (Wildman–Crippen MR) is 196 cm³/mol. The summed E-state index contributed by atoms with van der Waals surface area (Å²) in [5, 5.41) is 0.367. The van der Waals surface area contributed by atoms with Crippen LogP contribution < -0.4 is 0 Å². The summed E-state index contributed by atoms with van der Waals surface area (Å²) < 4.78 is 26.8. The van der Waals surface area contributed by atoms with Crippen molar-refractivity contribution in [1.82, 2.24) is 0 Å². The highest BCUT2D eigenvalue weighted by Gasteiger charge is 2.53. The Balaban J connectivity index is 1.59. The lowest BCUT2D eigenvalue weighted by Gasteiger charge is -2.51. The van der Waals surface area contributed by atoms with E-state index in [0.29, 0.717) is 17.3 Å². The summed E-state index contributed by atoms with van der Waals surface area (Å²) >= 11 is 0. The van der Waals surface area contributed by atoms with Gasteiger partial charge in [-0.25, -0.2) is 0 Å². The maximum atomic E-state index is 7.28. The largest absolute Gasteiger partial charge is 0.414 e. The fraction of sp³-hybridized carbons (Fsp3) is 0.897. The van der Waals surface area contributed by atoms with E-state index in [2.05, 4.69) is 121 Å². The third-order valence-electron chi connectivity index (χ3n) is 13.8. The molecule has 0 radical (unpaired) electrons. The van der Waals surface area contributed by atoms with Crippen molar-refractivity contribution in [1.29, 1.82) is 0 Å². The predicted octanol–water partition coefficient (Wildman–Crippen LogP) is 11.2. The van der Waals surface area contributed by atoms with E-state index in [1.165, 1.54) is 37.7 Å². The SMILES string of the molecule is C[C@H](OCC1OC1(C)C)[C@H]1CC[C@H]2/C(=C/C=C3/CC(O[Si](C)(C)C(C)(C)C)CC(O[Si](C)(C)C(C)(C)C)C3(C)C)CCC[C@]12C. The first kappa shape index (κ1) is 37.6. The van der Waals surface area contributed by atoms with Crippen molar-refractivity contribution in [3.63, 3.8) is 0 Å². The van der Waals surface area contributed by atoms with Gasteiger partial charge in [0.1, 0.15) is 6.10 Å². The van der Waals surface area contributed by atoms with Crippen molar-refractivity contribution in [3.8, 4) is 0 Å². The zero-order valence-corrected chi connectivity index (χ0v) is 34.4. The van der Waals surface area contributed by atoms with Crippen molar-refractivity contribution in [2.75, 3.05) is 6.61 Å². The molecule has 0 amide bonds. The number of rotatable bonds is 9. The van der Waals surface area contributed by atoms with Gasteiger partial charge in [0, 0.05) is 5.41 Å². The van der Waals surface area contributed by atoms with Gasteiger partial charge in [-0.15, -0.1) is 0 Å². The first-order valence-electron chi connectivity index (χ1n) is 18.4. The first-order chi connectivity index (χ1) is 20.3. The minimum Gasteiger partial charge on any atom is -0.414 e. The molecule has 3 unspecified atom stereocenters. The van der Waals surface area contributed by atoms with Crippen LogP contribution in [0.1, 0.15) is 128 Å². The summed E-state index contributed by atoms with van der Waals surface area (Å²) in [6, 6.07) is 0. The Bertz CT molecular complexity index is 1120. The van der Waals surface area contributed by atoms with Gasteiger partial charge in [-0.1, -0.05) is 85.6 Å². The second-order valence-corrected chi connectivity index (χ2v) is 29.3. The molecule has 0 aromatic rings. The number of hydrogen-bond donors (Lipinski definition) is 0. The van der Waals surface area contributed by atoms with E-state index in [4.69, 9.17) is 18.3 Å². The van der Waals surface area contributed by atoms with Gasteiger partial charge in [0.15, 0.2) is 16.6 Å². The number of allylic oxidation sites excluding steroid dienone is 3. The summed E-state index contributed by atoms with van der Waals surface area (Å²) in [5.41, 5.74) is 3.46. The van der Waals surface area contributed by atoms with E-state index in [1.807, 2.05) is 0 Å². The molecule has 1 heterocycles. The lowest BCUT2D eigenvalue weighted by molar-refractivity contribution is -0.0297. The third-order valence-corrected chi connectivity index (χ3v) is 22.9. The molecule has 3 saturated carbocycles. The monoisotopic (exact) mass is 660 g/mol. The lowest BCUT2D eigenvalue weighted by Crippen LogP contribution is -2.53. The van der Waals surface area contributed by atoms with Crippen LogP contribution in [0.15, 0.2) is 23.3 Å². The first-order valence-corrected chi connectivity index (χ1v) is 24.2. The van der Waals surface area contributed by atoms with Crippen LogP contribution in [0.25, 0.3) is 0 Å². The highest BCUT2D eigenvalue weighted by atomic mass is 28.4. The second-order valence-electron chi connectivity index (χ2n) is 19.8. The van der Waals surface area contributed by atoms with Crippen LogP contribution in [0.2, 0.25) is 36.3 Å². The van der Waals surface area contributed by atoms with Gasteiger partial charge in [-0.3, -0.25) is 0 Å². The van der Waals surface area contributed by atoms with E-state index < -0.39 is 16.6 Å². The average Bonchev–Trinajstić information content (AvgIpc) is 3.32. The smallest absolute Gasteiger partial charge is 0.192 e. The molecule has 1 aliphatic heterocycles. The molecule has 4 rings (SSSR count). The minimum atomic E-state index is -1.96. The number of fused-ring (bicyclic) bond motifs is 1. The van der Waals surface area contributed by atoms with E-state index in [1.54, 1.807) is 5.57 Å². The zero-order chi connectivity index (χ0) is 34.0. The summed E-state index contributed by atoms with van der Waals surface area (Å²) in [5.74, 6) is 1.26. The van der Waals surface area contributed by atoms with Crippen molar-refractivity contribution < 1.29 is 18.3 Å². The van der Waals surface area contributed by atoms with Crippen LogP contribution in [0.4, 0.5) is 0 Å². The standard InChI is InChI=1S/C39H72O4Si2/c1-27(40-26-34-38(10,11)41-34)31-21-22-32-28(18-17-23-39(31,32)12)19-20-29-24-30(42-44(13,14)35(2,3)4)25-33(37(29,8)9)43-45(15,16)36(5,6)7/h19-20,27,30-34H,17-18,21-26H2,1-16H3/b28-19+,29-20-/t27-,30?,31+,32-,33?,34?,39+/m0/s1. The molecule has 0 spiro atoms. The lowest BCUT2D eigenvalue weighted by atomic mass is 9.62. The van der Waals surface area contributed by atoms with Gasteiger partial charge in [-0.2, -0.15) is 0 Å². The molecule has 0 aromatic heterocycles. The Kier molecular flexibility index (Phi) is 10.5. The van der Waals surface area contributed by atoms with Crippen molar-refractivity contribution in [3.05, 3.63) is 23.3 Å². The van der Waals surface area contributed by atoms with Crippen LogP contribution in [-0.2, 0) is 18.3 Å². The van der Waals surface area contributed by atoms with E-state index in [-0.39, 0.29) is 45.5 Å². The molecule has 260 valence electrons. The molecule has 6 heteroatoms. The normalized spacial score (nSPS) is 36.3. The zero-order valence-electron chi connectivity index (χ0n) is 32.4. The van der Waals surface area contributed by atoms with E-state index in [9.17, 15) is 0 Å². The van der Waals surface area contributed by atoms with Crippen LogP contribution in [0.3, 0.4) is 0 Å². The minimum absolute atomic E-state index is 0.00750. The van der Waals surface area contributed by atoms with Crippen LogP contribution in [-0.4, -0.2) is 53.3 Å². The van der Waals surface area contributed by atoms with Gasteiger partial charge in [-0.05, 0) is 119 Å². The Morgan fingerprint density at radius 3 is 2.02 bits per heavy atom. The maximum Gasteiger partial charge on any atom is 0.192 e. The van der Waals surface area contributed by atoms with Crippen LogP contribution in [0, 0.1) is 22.7 Å². The summed E-state index contributed by atoms with van der Waals surface area (Å²) in [6.07, 6.45) is 14.4. The van der Waals surface area contributed by atoms with E-state index >= 15 is 0 Å². The Hall–Kier alpha value is -0.246. The fourth-order valence-electron chi connectivity index (χ4n) is 8.21. The number of epoxide rings is 1. The Morgan fingerprint density at radius 1 is 0.889 bits per heavy atom. The quantitative estimate of drug-likeness (QED) is 0.182. The number of ether oxygens (including phenoxy) is 2. The van der Waals surface area contributed by atoms with Crippen molar-refractivity contribution in [2.24, 2.45) is 22.7 Å². The van der Waals surface area contributed by atoms with Gasteiger partial charge in [0.25, 0.3) is 0 Å². The Morgan fingerprint density at radius 2 is 1.47 bits per heavy atom. The maximum absolute atomic E-state index is 7.28. The van der Waals surface area contributed by atoms with Gasteiger partial charge in [0.2, 0.25) is 0 Å². The van der Waals surface area contributed by atoms with Crippen molar-refractivity contribution >= 4 is 16.6 Å². The summed E-state index contributed by atoms with van der Waals surface area (Å²) in [4.78, 5) is 0. The topological polar surface area (TPSA) is 40.2 Å². The summed E-state index contributed by atoms with van der Waals surface area (Å²) in [7, 11) is -3.88. The molecule has 0 bridgehead atoms. The van der Waals surface area contributed by atoms with Gasteiger partial charge in [0.05, 0.1) is 30.5 Å². The van der Waals surface area contributed by atoms with Gasteiger partial charge < -0.3 is 18.3 Å². The molecular weight excluding hydrogens is 589 g/mol. The molecule has 0 N–H and O–H groups in total.